The number of nitrogens with zero attached hydrogens (tertiary/aromatic N) is 1. The van der Waals surface area contributed by atoms with Crippen molar-refractivity contribution in [1.29, 1.82) is 0 Å². The van der Waals surface area contributed by atoms with Gasteiger partial charge in [-0.2, -0.15) is 0 Å². The molecule has 0 heterocycles. The van der Waals surface area contributed by atoms with Gasteiger partial charge in [0.05, 0.1) is 16.2 Å². The second-order valence-corrected chi connectivity index (χ2v) is 6.91. The van der Waals surface area contributed by atoms with Crippen molar-refractivity contribution in [3.8, 4) is 0 Å². The molecule has 1 rings (SSSR count). The van der Waals surface area contributed by atoms with E-state index in [2.05, 4.69) is 6.92 Å². The number of hydrogen-bond donors (Lipinski definition) is 1. The highest BCUT2D eigenvalue weighted by Gasteiger charge is 2.15. The maximum Gasteiger partial charge on any atom is 0.335 e. The van der Waals surface area contributed by atoms with Crippen LogP contribution in [0.15, 0.2) is 29.2 Å². The molecule has 0 aliphatic heterocycles. The maximum atomic E-state index is 12.1. The van der Waals surface area contributed by atoms with Gasteiger partial charge < -0.3 is 10.0 Å². The third-order valence-corrected chi connectivity index (χ3v) is 4.81. The highest BCUT2D eigenvalue weighted by Crippen LogP contribution is 2.13. The van der Waals surface area contributed by atoms with Gasteiger partial charge in [0.1, 0.15) is 0 Å². The molecule has 1 aromatic carbocycles. The summed E-state index contributed by atoms with van der Waals surface area (Å²) in [6, 6.07) is 5.34. The minimum atomic E-state index is -3.36. The summed E-state index contributed by atoms with van der Waals surface area (Å²) in [4.78, 5) is 12.9. The lowest BCUT2D eigenvalue weighted by Gasteiger charge is -2.15. The number of carbonyl (C=O) groups is 1. The van der Waals surface area contributed by atoms with Crippen LogP contribution >= 0.6 is 0 Å². The van der Waals surface area contributed by atoms with Crippen LogP contribution < -0.4 is 0 Å². The molecule has 1 N–H and O–H groups in total. The van der Waals surface area contributed by atoms with Gasteiger partial charge in [0.15, 0.2) is 9.84 Å². The lowest BCUT2D eigenvalue weighted by atomic mass is 10.2. The summed E-state index contributed by atoms with van der Waals surface area (Å²) in [5.41, 5.74) is 0.0870. The van der Waals surface area contributed by atoms with Crippen molar-refractivity contribution in [2.75, 3.05) is 25.9 Å². The molecule has 112 valence electrons. The number of sulfone groups is 1. The summed E-state index contributed by atoms with van der Waals surface area (Å²) < 4.78 is 24.2. The summed E-state index contributed by atoms with van der Waals surface area (Å²) in [6.45, 7) is 3.45. The van der Waals surface area contributed by atoms with Crippen LogP contribution in [0.2, 0.25) is 0 Å². The van der Waals surface area contributed by atoms with Gasteiger partial charge in [0.25, 0.3) is 0 Å². The first-order chi connectivity index (χ1) is 9.36. The molecule has 0 fully saturated rings. The van der Waals surface area contributed by atoms with E-state index in [1.807, 2.05) is 11.9 Å². The van der Waals surface area contributed by atoms with Gasteiger partial charge >= 0.3 is 5.97 Å². The lowest BCUT2D eigenvalue weighted by Crippen LogP contribution is -2.26. The second-order valence-electron chi connectivity index (χ2n) is 4.81. The Labute approximate surface area is 120 Å². The average Bonchev–Trinajstić information content (AvgIpc) is 2.43. The molecule has 0 spiro atoms. The van der Waals surface area contributed by atoms with Gasteiger partial charge in [-0.3, -0.25) is 0 Å². The Morgan fingerprint density at radius 3 is 2.30 bits per heavy atom. The molecule has 0 atom stereocenters. The molecule has 0 saturated carbocycles. The molecule has 0 amide bonds. The number of benzene rings is 1. The molecule has 0 radical (unpaired) electrons. The van der Waals surface area contributed by atoms with Gasteiger partial charge in [-0.15, -0.1) is 0 Å². The Bertz CT molecular complexity index is 537. The van der Waals surface area contributed by atoms with Crippen molar-refractivity contribution in [2.24, 2.45) is 0 Å². The van der Waals surface area contributed by atoms with E-state index in [-0.39, 0.29) is 16.2 Å². The standard InChI is InChI=1S/C14H21NO4S/c1-3-4-9-15(2)10-11-20(18,19)13-7-5-12(6-8-13)14(16)17/h5-8H,3-4,9-11H2,1-2H3,(H,16,17). The zero-order chi connectivity index (χ0) is 15.2. The Morgan fingerprint density at radius 2 is 1.80 bits per heavy atom. The van der Waals surface area contributed by atoms with Gasteiger partial charge in [-0.25, -0.2) is 13.2 Å². The second kappa shape index (κ2) is 7.40. The SMILES string of the molecule is CCCCN(C)CCS(=O)(=O)c1ccc(C(=O)O)cc1. The molecule has 0 saturated heterocycles. The fourth-order valence-corrected chi connectivity index (χ4v) is 3.08. The molecular formula is C14H21NO4S. The first kappa shape index (κ1) is 16.7. The van der Waals surface area contributed by atoms with Crippen LogP contribution in [0.3, 0.4) is 0 Å². The first-order valence-electron chi connectivity index (χ1n) is 6.61. The smallest absolute Gasteiger partial charge is 0.335 e. The number of hydrogen-bond acceptors (Lipinski definition) is 4. The topological polar surface area (TPSA) is 74.7 Å². The number of carboxylic acids is 1. The van der Waals surface area contributed by atoms with Crippen molar-refractivity contribution < 1.29 is 18.3 Å². The van der Waals surface area contributed by atoms with Crippen molar-refractivity contribution in [3.05, 3.63) is 29.8 Å². The maximum absolute atomic E-state index is 12.1. The fourth-order valence-electron chi connectivity index (χ4n) is 1.74. The molecule has 6 heteroatoms. The van der Waals surface area contributed by atoms with Crippen LogP contribution in [-0.4, -0.2) is 50.3 Å². The zero-order valence-corrected chi connectivity index (χ0v) is 12.7. The van der Waals surface area contributed by atoms with Crippen molar-refractivity contribution in [1.82, 2.24) is 4.90 Å². The van der Waals surface area contributed by atoms with E-state index in [1.165, 1.54) is 24.3 Å². The fraction of sp³-hybridized carbons (Fsp3) is 0.500. The van der Waals surface area contributed by atoms with Gasteiger partial charge in [-0.05, 0) is 44.3 Å². The van der Waals surface area contributed by atoms with E-state index in [0.717, 1.165) is 19.4 Å². The van der Waals surface area contributed by atoms with E-state index in [1.54, 1.807) is 0 Å². The third-order valence-electron chi connectivity index (χ3n) is 3.10. The molecule has 5 nitrogen and oxygen atoms in total. The predicted octanol–water partition coefficient (Wildman–Crippen LogP) is 1.89. The Balaban J connectivity index is 2.66. The molecule has 0 unspecified atom stereocenters. The average molecular weight is 299 g/mol. The third kappa shape index (κ3) is 4.94. The molecule has 1 aromatic rings. The minimum Gasteiger partial charge on any atom is -0.478 e. The largest absolute Gasteiger partial charge is 0.478 e. The lowest BCUT2D eigenvalue weighted by molar-refractivity contribution is 0.0696. The van der Waals surface area contributed by atoms with Crippen LogP contribution in [-0.2, 0) is 9.84 Å². The van der Waals surface area contributed by atoms with Crippen molar-refractivity contribution in [2.45, 2.75) is 24.7 Å². The van der Waals surface area contributed by atoms with Crippen molar-refractivity contribution in [3.63, 3.8) is 0 Å². The van der Waals surface area contributed by atoms with Gasteiger partial charge in [-0.1, -0.05) is 13.3 Å². The van der Waals surface area contributed by atoms with E-state index >= 15 is 0 Å². The van der Waals surface area contributed by atoms with E-state index in [4.69, 9.17) is 5.11 Å². The molecule has 0 aliphatic rings. The van der Waals surface area contributed by atoms with Crippen LogP contribution in [0.25, 0.3) is 0 Å². The number of rotatable bonds is 8. The first-order valence-corrected chi connectivity index (χ1v) is 8.26. The normalized spacial score (nSPS) is 11.8. The van der Waals surface area contributed by atoms with Crippen molar-refractivity contribution >= 4 is 15.8 Å². The van der Waals surface area contributed by atoms with E-state index < -0.39 is 15.8 Å². The number of unbranched alkanes of at least 4 members (excludes halogenated alkanes) is 1. The van der Waals surface area contributed by atoms with E-state index in [9.17, 15) is 13.2 Å². The number of aromatic carboxylic acids is 1. The Hall–Kier alpha value is -1.40. The van der Waals surface area contributed by atoms with Gasteiger partial charge in [0, 0.05) is 6.54 Å². The van der Waals surface area contributed by atoms with E-state index in [0.29, 0.717) is 6.54 Å². The minimum absolute atomic E-state index is 0.0413. The highest BCUT2D eigenvalue weighted by molar-refractivity contribution is 7.91. The quantitative estimate of drug-likeness (QED) is 0.793. The van der Waals surface area contributed by atoms with Crippen LogP contribution in [0.4, 0.5) is 0 Å². The highest BCUT2D eigenvalue weighted by atomic mass is 32.2. The van der Waals surface area contributed by atoms with Crippen LogP contribution in [0.5, 0.6) is 0 Å². The molecule has 0 aromatic heterocycles. The molecule has 0 aliphatic carbocycles. The summed E-state index contributed by atoms with van der Waals surface area (Å²) in [6.07, 6.45) is 2.12. The number of carboxylic acid groups (broad SMARTS) is 1. The summed E-state index contributed by atoms with van der Waals surface area (Å²) >= 11 is 0. The van der Waals surface area contributed by atoms with Crippen LogP contribution in [0.1, 0.15) is 30.1 Å². The summed E-state index contributed by atoms with van der Waals surface area (Å²) in [5.74, 6) is -1.02. The summed E-state index contributed by atoms with van der Waals surface area (Å²) in [5, 5.41) is 8.78. The predicted molar refractivity (Wildman–Crippen MR) is 77.9 cm³/mol. The Kier molecular flexibility index (Phi) is 6.16. The molecule has 0 bridgehead atoms. The Morgan fingerprint density at radius 1 is 1.20 bits per heavy atom. The molecular weight excluding hydrogens is 278 g/mol. The van der Waals surface area contributed by atoms with Crippen LogP contribution in [0, 0.1) is 0 Å². The zero-order valence-electron chi connectivity index (χ0n) is 11.9. The molecule has 20 heavy (non-hydrogen) atoms. The summed E-state index contributed by atoms with van der Waals surface area (Å²) in [7, 11) is -1.46. The monoisotopic (exact) mass is 299 g/mol. The van der Waals surface area contributed by atoms with Gasteiger partial charge in [0.2, 0.25) is 0 Å².